The fourth-order valence-electron chi connectivity index (χ4n) is 1.66. The molecule has 6 nitrogen and oxygen atoms in total. The molecule has 0 atom stereocenters. The van der Waals surface area contributed by atoms with Gasteiger partial charge in [-0.3, -0.25) is 9.59 Å². The van der Waals surface area contributed by atoms with Crippen LogP contribution in [0.15, 0.2) is 42.6 Å². The summed E-state index contributed by atoms with van der Waals surface area (Å²) in [6.07, 6.45) is 1.43. The summed E-state index contributed by atoms with van der Waals surface area (Å²) in [6.45, 7) is 0. The predicted molar refractivity (Wildman–Crippen MR) is 73.7 cm³/mol. The van der Waals surface area contributed by atoms with Gasteiger partial charge in [-0.2, -0.15) is 0 Å². The number of nitrogens with two attached hydrogens (primary N) is 1. The highest BCUT2D eigenvalue weighted by atomic mass is 16.5. The molecule has 0 unspecified atom stereocenters. The maximum absolute atomic E-state index is 12.1. The van der Waals surface area contributed by atoms with E-state index >= 15 is 0 Å². The van der Waals surface area contributed by atoms with Gasteiger partial charge in [0.25, 0.3) is 11.8 Å². The van der Waals surface area contributed by atoms with E-state index in [1.54, 1.807) is 36.4 Å². The molecule has 0 spiro atoms. The number of hydrogen-bond acceptors (Lipinski definition) is 4. The lowest BCUT2D eigenvalue weighted by Gasteiger charge is -2.08. The molecule has 0 saturated heterocycles. The normalized spacial score (nSPS) is 9.85. The average Bonchev–Trinajstić information content (AvgIpc) is 2.47. The van der Waals surface area contributed by atoms with Crippen LogP contribution in [0.25, 0.3) is 0 Å². The number of benzene rings is 1. The highest BCUT2D eigenvalue weighted by Gasteiger charge is 2.13. The van der Waals surface area contributed by atoms with E-state index in [0.29, 0.717) is 11.3 Å². The van der Waals surface area contributed by atoms with Crippen LogP contribution in [0.4, 0.5) is 5.69 Å². The Morgan fingerprint density at radius 1 is 1.25 bits per heavy atom. The third kappa shape index (κ3) is 2.92. The van der Waals surface area contributed by atoms with Gasteiger partial charge in [-0.1, -0.05) is 6.07 Å². The van der Waals surface area contributed by atoms with Gasteiger partial charge in [-0.25, -0.2) is 4.98 Å². The van der Waals surface area contributed by atoms with Crippen LogP contribution in [0.2, 0.25) is 0 Å². The fourth-order valence-corrected chi connectivity index (χ4v) is 1.66. The summed E-state index contributed by atoms with van der Waals surface area (Å²) >= 11 is 0. The predicted octanol–water partition coefficient (Wildman–Crippen LogP) is 1.44. The maximum Gasteiger partial charge on any atom is 0.269 e. The van der Waals surface area contributed by atoms with Crippen LogP contribution in [0.1, 0.15) is 20.8 Å². The van der Waals surface area contributed by atoms with Crippen LogP contribution in [0.3, 0.4) is 0 Å². The Bertz CT molecular complexity index is 656. The van der Waals surface area contributed by atoms with E-state index < -0.39 is 5.91 Å². The van der Waals surface area contributed by atoms with E-state index in [2.05, 4.69) is 10.3 Å². The van der Waals surface area contributed by atoms with Crippen molar-refractivity contribution >= 4 is 17.5 Å². The number of carbonyl (C=O) groups excluding carboxylic acids is 2. The van der Waals surface area contributed by atoms with Crippen molar-refractivity contribution in [3.63, 3.8) is 0 Å². The minimum Gasteiger partial charge on any atom is -0.497 e. The van der Waals surface area contributed by atoms with Crippen LogP contribution in [0.5, 0.6) is 5.75 Å². The van der Waals surface area contributed by atoms with Gasteiger partial charge in [-0.05, 0) is 30.3 Å². The molecule has 0 saturated carbocycles. The van der Waals surface area contributed by atoms with Gasteiger partial charge < -0.3 is 15.8 Å². The van der Waals surface area contributed by atoms with Crippen LogP contribution >= 0.6 is 0 Å². The molecule has 0 aliphatic carbocycles. The molecule has 0 bridgehead atoms. The number of carbonyl (C=O) groups is 2. The van der Waals surface area contributed by atoms with Crippen molar-refractivity contribution in [1.82, 2.24) is 4.98 Å². The standard InChI is InChI=1S/C14H13N3O3/c1-20-10-5-2-4-9(8-10)14(19)17-11-6-3-7-16-12(11)13(15)18/h2-8H,1H3,(H2,15,18)(H,17,19). The molecule has 102 valence electrons. The van der Waals surface area contributed by atoms with Gasteiger partial charge >= 0.3 is 0 Å². The first-order valence-electron chi connectivity index (χ1n) is 5.82. The molecule has 2 aromatic rings. The molecule has 0 aliphatic heterocycles. The number of hydrogen-bond donors (Lipinski definition) is 2. The first-order chi connectivity index (χ1) is 9.61. The smallest absolute Gasteiger partial charge is 0.269 e. The zero-order chi connectivity index (χ0) is 14.5. The molecule has 1 aromatic carbocycles. The third-order valence-electron chi connectivity index (χ3n) is 2.62. The zero-order valence-electron chi connectivity index (χ0n) is 10.8. The van der Waals surface area contributed by atoms with Crippen molar-refractivity contribution in [3.8, 4) is 5.75 Å². The molecule has 2 rings (SSSR count). The molecule has 6 heteroatoms. The molecular formula is C14H13N3O3. The molecule has 3 N–H and O–H groups in total. The molecule has 0 radical (unpaired) electrons. The Morgan fingerprint density at radius 3 is 2.75 bits per heavy atom. The summed E-state index contributed by atoms with van der Waals surface area (Å²) < 4.78 is 5.05. The number of anilines is 1. The van der Waals surface area contributed by atoms with Gasteiger partial charge in [0.1, 0.15) is 5.75 Å². The summed E-state index contributed by atoms with van der Waals surface area (Å²) in [6, 6.07) is 9.83. The first-order valence-corrected chi connectivity index (χ1v) is 5.82. The van der Waals surface area contributed by atoms with Crippen molar-refractivity contribution in [3.05, 3.63) is 53.9 Å². The minimum absolute atomic E-state index is 0.0174. The Morgan fingerprint density at radius 2 is 2.05 bits per heavy atom. The van der Waals surface area contributed by atoms with E-state index in [-0.39, 0.29) is 17.3 Å². The lowest BCUT2D eigenvalue weighted by Crippen LogP contribution is -2.19. The monoisotopic (exact) mass is 271 g/mol. The van der Waals surface area contributed by atoms with Crippen molar-refractivity contribution in [2.45, 2.75) is 0 Å². The van der Waals surface area contributed by atoms with E-state index in [9.17, 15) is 9.59 Å². The van der Waals surface area contributed by atoms with Gasteiger partial charge in [0.05, 0.1) is 12.8 Å². The first kappa shape index (κ1) is 13.5. The number of nitrogens with one attached hydrogen (secondary N) is 1. The van der Waals surface area contributed by atoms with Crippen LogP contribution in [-0.2, 0) is 0 Å². The summed E-state index contributed by atoms with van der Waals surface area (Å²) in [5, 5.41) is 2.60. The summed E-state index contributed by atoms with van der Waals surface area (Å²) in [5.74, 6) is -0.509. The molecule has 1 heterocycles. The largest absolute Gasteiger partial charge is 0.497 e. The van der Waals surface area contributed by atoms with Gasteiger partial charge in [0, 0.05) is 11.8 Å². The van der Waals surface area contributed by atoms with E-state index in [4.69, 9.17) is 10.5 Å². The number of primary amides is 1. The number of ether oxygens (including phenoxy) is 1. The quantitative estimate of drug-likeness (QED) is 0.879. The highest BCUT2D eigenvalue weighted by molar-refractivity contribution is 6.08. The van der Waals surface area contributed by atoms with E-state index in [0.717, 1.165) is 0 Å². The molecular weight excluding hydrogens is 258 g/mol. The Kier molecular flexibility index (Phi) is 3.95. The van der Waals surface area contributed by atoms with Crippen molar-refractivity contribution in [1.29, 1.82) is 0 Å². The lowest BCUT2D eigenvalue weighted by molar-refractivity contribution is 0.0996. The number of pyridine rings is 1. The SMILES string of the molecule is COc1cccc(C(=O)Nc2cccnc2C(N)=O)c1. The number of methoxy groups -OCH3 is 1. The summed E-state index contributed by atoms with van der Waals surface area (Å²) in [5.41, 5.74) is 5.90. The van der Waals surface area contributed by atoms with Crippen LogP contribution in [0, 0.1) is 0 Å². The third-order valence-corrected chi connectivity index (χ3v) is 2.62. The number of nitrogens with zero attached hydrogens (tertiary/aromatic N) is 1. The van der Waals surface area contributed by atoms with Gasteiger partial charge in [0.15, 0.2) is 5.69 Å². The van der Waals surface area contributed by atoms with E-state index in [1.807, 2.05) is 0 Å². The molecule has 0 aliphatic rings. The van der Waals surface area contributed by atoms with Crippen molar-refractivity contribution in [2.24, 2.45) is 5.73 Å². The zero-order valence-corrected chi connectivity index (χ0v) is 10.8. The van der Waals surface area contributed by atoms with Crippen LogP contribution < -0.4 is 15.8 Å². The van der Waals surface area contributed by atoms with Crippen molar-refractivity contribution in [2.75, 3.05) is 12.4 Å². The Labute approximate surface area is 115 Å². The van der Waals surface area contributed by atoms with Gasteiger partial charge in [0.2, 0.25) is 0 Å². The Balaban J connectivity index is 2.25. The fraction of sp³-hybridized carbons (Fsp3) is 0.0714. The van der Waals surface area contributed by atoms with Gasteiger partial charge in [-0.15, -0.1) is 0 Å². The molecule has 2 amide bonds. The number of aromatic nitrogens is 1. The lowest BCUT2D eigenvalue weighted by atomic mass is 10.2. The average molecular weight is 271 g/mol. The maximum atomic E-state index is 12.1. The second-order valence-corrected chi connectivity index (χ2v) is 3.95. The van der Waals surface area contributed by atoms with Crippen molar-refractivity contribution < 1.29 is 14.3 Å². The Hall–Kier alpha value is -2.89. The number of amides is 2. The number of rotatable bonds is 4. The summed E-state index contributed by atoms with van der Waals surface area (Å²) in [4.78, 5) is 27.2. The van der Waals surface area contributed by atoms with E-state index in [1.165, 1.54) is 13.3 Å². The molecule has 1 aromatic heterocycles. The second-order valence-electron chi connectivity index (χ2n) is 3.95. The highest BCUT2D eigenvalue weighted by Crippen LogP contribution is 2.16. The molecule has 20 heavy (non-hydrogen) atoms. The molecule has 0 fully saturated rings. The topological polar surface area (TPSA) is 94.3 Å². The summed E-state index contributed by atoms with van der Waals surface area (Å²) in [7, 11) is 1.52. The second kappa shape index (κ2) is 5.83. The minimum atomic E-state index is -0.702. The van der Waals surface area contributed by atoms with Crippen LogP contribution in [-0.4, -0.2) is 23.9 Å².